The van der Waals surface area contributed by atoms with Crippen LogP contribution in [0.3, 0.4) is 0 Å². The molecule has 22 heavy (non-hydrogen) atoms. The highest BCUT2D eigenvalue weighted by atomic mass is 16.2. The number of primary amides is 1. The molecule has 0 unspecified atom stereocenters. The molecule has 1 aliphatic carbocycles. The van der Waals surface area contributed by atoms with Crippen LogP contribution in [0, 0.1) is 5.92 Å². The third kappa shape index (κ3) is 3.47. The second-order valence-corrected chi connectivity index (χ2v) is 6.28. The number of nitrogens with two attached hydrogens (primary N) is 1. The fourth-order valence-corrected chi connectivity index (χ4v) is 3.34. The summed E-state index contributed by atoms with van der Waals surface area (Å²) < 4.78 is 0. The molecule has 1 aromatic carbocycles. The van der Waals surface area contributed by atoms with E-state index in [-0.39, 0.29) is 24.3 Å². The van der Waals surface area contributed by atoms with Crippen molar-refractivity contribution in [3.63, 3.8) is 0 Å². The van der Waals surface area contributed by atoms with Gasteiger partial charge in [0.05, 0.1) is 6.54 Å². The molecule has 2 fully saturated rings. The molecule has 2 atom stereocenters. The number of carbonyl (C=O) groups excluding carboxylic acids is 2. The Morgan fingerprint density at radius 1 is 1.09 bits per heavy atom. The van der Waals surface area contributed by atoms with E-state index >= 15 is 0 Å². The van der Waals surface area contributed by atoms with E-state index in [0.717, 1.165) is 32.5 Å². The Bertz CT molecular complexity index is 546. The van der Waals surface area contributed by atoms with Crippen LogP contribution in [-0.4, -0.2) is 54.3 Å². The summed E-state index contributed by atoms with van der Waals surface area (Å²) in [5.74, 6) is 0.504. The van der Waals surface area contributed by atoms with Gasteiger partial charge in [0.15, 0.2) is 0 Å². The van der Waals surface area contributed by atoms with Crippen LogP contribution in [0.25, 0.3) is 0 Å². The van der Waals surface area contributed by atoms with E-state index in [1.807, 2.05) is 28.0 Å². The van der Waals surface area contributed by atoms with Gasteiger partial charge < -0.3 is 10.6 Å². The highest BCUT2D eigenvalue weighted by Gasteiger charge is 2.45. The number of carbonyl (C=O) groups is 2. The van der Waals surface area contributed by atoms with Crippen molar-refractivity contribution in [2.24, 2.45) is 11.7 Å². The normalized spacial score (nSPS) is 25.5. The molecule has 1 aromatic rings. The van der Waals surface area contributed by atoms with Crippen molar-refractivity contribution >= 4 is 11.8 Å². The van der Waals surface area contributed by atoms with E-state index in [4.69, 9.17) is 5.73 Å². The molecule has 0 aromatic heterocycles. The molecule has 0 radical (unpaired) electrons. The molecule has 1 saturated heterocycles. The first-order chi connectivity index (χ1) is 10.6. The van der Waals surface area contributed by atoms with Crippen molar-refractivity contribution in [3.05, 3.63) is 35.9 Å². The number of benzene rings is 1. The Kier molecular flexibility index (Phi) is 4.43. The van der Waals surface area contributed by atoms with Gasteiger partial charge >= 0.3 is 0 Å². The maximum absolute atomic E-state index is 12.6. The average molecular weight is 301 g/mol. The fraction of sp³-hybridized carbons (Fsp3) is 0.529. The maximum Gasteiger partial charge on any atom is 0.231 e. The lowest BCUT2D eigenvalue weighted by Crippen LogP contribution is -2.38. The molecule has 118 valence electrons. The number of hydrogen-bond donors (Lipinski definition) is 1. The monoisotopic (exact) mass is 301 g/mol. The van der Waals surface area contributed by atoms with E-state index in [1.54, 1.807) is 0 Å². The van der Waals surface area contributed by atoms with Gasteiger partial charge in [-0.3, -0.25) is 14.5 Å². The summed E-state index contributed by atoms with van der Waals surface area (Å²) in [5.41, 5.74) is 6.52. The van der Waals surface area contributed by atoms with Gasteiger partial charge in [-0.2, -0.15) is 0 Å². The molecule has 5 heteroatoms. The van der Waals surface area contributed by atoms with E-state index < -0.39 is 0 Å². The Balaban J connectivity index is 1.54. The standard InChI is InChI=1S/C17H23N3O2/c18-16(21)12-19-7-4-8-20(10-9-19)17(22)15-11-14(15)13-5-2-1-3-6-13/h1-3,5-6,14-15H,4,7-12H2,(H2,18,21)/t14-,15+/m0/s1. The largest absolute Gasteiger partial charge is 0.369 e. The summed E-state index contributed by atoms with van der Waals surface area (Å²) in [7, 11) is 0. The SMILES string of the molecule is NC(=O)CN1CCCN(C(=O)[C@@H]2C[C@H]2c2ccccc2)CC1. The molecule has 5 nitrogen and oxygen atoms in total. The van der Waals surface area contributed by atoms with Gasteiger partial charge in [-0.1, -0.05) is 30.3 Å². The number of nitrogens with zero attached hydrogens (tertiary/aromatic N) is 2. The Morgan fingerprint density at radius 2 is 1.86 bits per heavy atom. The van der Waals surface area contributed by atoms with E-state index in [1.165, 1.54) is 5.56 Å². The van der Waals surface area contributed by atoms with Gasteiger partial charge in [0.25, 0.3) is 0 Å². The number of rotatable bonds is 4. The highest BCUT2D eigenvalue weighted by molar-refractivity contribution is 5.83. The van der Waals surface area contributed by atoms with Gasteiger partial charge in [-0.05, 0) is 24.3 Å². The molecular formula is C17H23N3O2. The van der Waals surface area contributed by atoms with E-state index in [2.05, 4.69) is 12.1 Å². The van der Waals surface area contributed by atoms with Gasteiger partial charge in [0, 0.05) is 32.1 Å². The van der Waals surface area contributed by atoms with Crippen LogP contribution in [0.4, 0.5) is 0 Å². The topological polar surface area (TPSA) is 66.6 Å². The minimum absolute atomic E-state index is 0.144. The molecule has 2 aliphatic rings. The summed E-state index contributed by atoms with van der Waals surface area (Å²) in [5, 5.41) is 0. The fourth-order valence-electron chi connectivity index (χ4n) is 3.34. The van der Waals surface area contributed by atoms with E-state index in [0.29, 0.717) is 12.5 Å². The third-order valence-corrected chi connectivity index (χ3v) is 4.61. The van der Waals surface area contributed by atoms with Crippen LogP contribution in [0.15, 0.2) is 30.3 Å². The number of hydrogen-bond acceptors (Lipinski definition) is 3. The lowest BCUT2D eigenvalue weighted by Gasteiger charge is -2.21. The minimum Gasteiger partial charge on any atom is -0.369 e. The zero-order valence-electron chi connectivity index (χ0n) is 12.8. The predicted octanol–water partition coefficient (Wildman–Crippen LogP) is 0.810. The highest BCUT2D eigenvalue weighted by Crippen LogP contribution is 2.48. The Hall–Kier alpha value is -1.88. The summed E-state index contributed by atoms with van der Waals surface area (Å²) >= 11 is 0. The maximum atomic E-state index is 12.6. The quantitative estimate of drug-likeness (QED) is 0.895. The van der Waals surface area contributed by atoms with Gasteiger partial charge in [0.2, 0.25) is 11.8 Å². The van der Waals surface area contributed by atoms with Crippen LogP contribution in [-0.2, 0) is 9.59 Å². The van der Waals surface area contributed by atoms with Crippen LogP contribution >= 0.6 is 0 Å². The van der Waals surface area contributed by atoms with Gasteiger partial charge in [0.1, 0.15) is 0 Å². The summed E-state index contributed by atoms with van der Waals surface area (Å²) in [6, 6.07) is 10.3. The van der Waals surface area contributed by atoms with Crippen molar-refractivity contribution in [2.45, 2.75) is 18.8 Å². The summed E-state index contributed by atoms with van der Waals surface area (Å²) in [6.07, 6.45) is 1.87. The summed E-state index contributed by atoms with van der Waals surface area (Å²) in [4.78, 5) is 27.7. The first-order valence-corrected chi connectivity index (χ1v) is 7.99. The first kappa shape index (κ1) is 15.0. The zero-order chi connectivity index (χ0) is 15.5. The van der Waals surface area contributed by atoms with Crippen LogP contribution in [0.2, 0.25) is 0 Å². The van der Waals surface area contributed by atoms with Crippen LogP contribution in [0.5, 0.6) is 0 Å². The predicted molar refractivity (Wildman–Crippen MR) is 84.1 cm³/mol. The molecule has 0 spiro atoms. The second kappa shape index (κ2) is 6.48. The molecule has 1 heterocycles. The van der Waals surface area contributed by atoms with Crippen molar-refractivity contribution in [1.29, 1.82) is 0 Å². The van der Waals surface area contributed by atoms with Crippen molar-refractivity contribution in [3.8, 4) is 0 Å². The lowest BCUT2D eigenvalue weighted by molar-refractivity contribution is -0.132. The lowest BCUT2D eigenvalue weighted by atomic mass is 10.1. The minimum atomic E-state index is -0.300. The molecule has 2 N–H and O–H groups in total. The van der Waals surface area contributed by atoms with Crippen LogP contribution in [0.1, 0.15) is 24.3 Å². The zero-order valence-corrected chi connectivity index (χ0v) is 12.8. The molecule has 1 saturated carbocycles. The van der Waals surface area contributed by atoms with E-state index in [9.17, 15) is 9.59 Å². The molecule has 3 rings (SSSR count). The van der Waals surface area contributed by atoms with Gasteiger partial charge in [-0.25, -0.2) is 0 Å². The molecule has 1 aliphatic heterocycles. The second-order valence-electron chi connectivity index (χ2n) is 6.28. The number of amides is 2. The Labute approximate surface area is 131 Å². The summed E-state index contributed by atoms with van der Waals surface area (Å²) in [6.45, 7) is 3.34. The first-order valence-electron chi connectivity index (χ1n) is 7.99. The van der Waals surface area contributed by atoms with Crippen molar-refractivity contribution < 1.29 is 9.59 Å². The molecular weight excluding hydrogens is 278 g/mol. The third-order valence-electron chi connectivity index (χ3n) is 4.61. The van der Waals surface area contributed by atoms with Crippen LogP contribution < -0.4 is 5.73 Å². The smallest absolute Gasteiger partial charge is 0.231 e. The Morgan fingerprint density at radius 3 is 2.59 bits per heavy atom. The van der Waals surface area contributed by atoms with Gasteiger partial charge in [-0.15, -0.1) is 0 Å². The van der Waals surface area contributed by atoms with Crippen molar-refractivity contribution in [1.82, 2.24) is 9.80 Å². The van der Waals surface area contributed by atoms with Crippen molar-refractivity contribution in [2.75, 3.05) is 32.7 Å². The average Bonchev–Trinajstić information content (AvgIpc) is 3.31. The molecule has 2 amide bonds. The molecule has 0 bridgehead atoms.